The zero-order valence-electron chi connectivity index (χ0n) is 21.2. The standard InChI is InChI=1S/C26H31ClN6O5/c1-16(35)21(14-34)37-17(2)33-15-29-23-24(28)30-22(31-25(23)33)5-3-4-18-10-12-32(13-11-18)26(36)38-20-8-6-19(27)7-9-20/h6-9,15-18,21,34-35H,4,10-14H2,1-2H3,(H2,28,30,31)/t16?,17-,21-/m1/s1. The summed E-state index contributed by atoms with van der Waals surface area (Å²) in [6, 6.07) is 6.68. The number of halogens is 1. The van der Waals surface area contributed by atoms with Gasteiger partial charge in [-0.3, -0.25) is 4.57 Å². The SMILES string of the molecule is CC(O)[C@@H](CO)O[C@H](C)n1cnc2c(N)nc(C#CCC3CCN(C(=O)Oc4ccc(Cl)cc4)CC3)nc21. The van der Waals surface area contributed by atoms with Crippen LogP contribution in [0.4, 0.5) is 10.6 Å². The average molecular weight is 543 g/mol. The maximum Gasteiger partial charge on any atom is 0.415 e. The molecule has 0 spiro atoms. The van der Waals surface area contributed by atoms with Crippen LogP contribution in [0.3, 0.4) is 0 Å². The van der Waals surface area contributed by atoms with Crippen LogP contribution in [-0.4, -0.2) is 72.6 Å². The molecule has 3 heterocycles. The lowest BCUT2D eigenvalue weighted by Gasteiger charge is -2.30. The molecular formula is C26H31ClN6O5. The first-order chi connectivity index (χ1) is 18.2. The number of fused-ring (bicyclic) bond motifs is 1. The van der Waals surface area contributed by atoms with Crippen LogP contribution in [-0.2, 0) is 4.74 Å². The van der Waals surface area contributed by atoms with E-state index in [1.807, 2.05) is 0 Å². The number of ether oxygens (including phenoxy) is 2. The second-order valence-corrected chi connectivity index (χ2v) is 9.65. The molecule has 1 unspecified atom stereocenters. The summed E-state index contributed by atoms with van der Waals surface area (Å²) < 4.78 is 12.8. The van der Waals surface area contributed by atoms with Gasteiger partial charge < -0.3 is 30.3 Å². The number of nitrogen functional groups attached to an aromatic ring is 1. The number of anilines is 1. The number of carbonyl (C=O) groups excluding carboxylic acids is 1. The molecule has 202 valence electrons. The summed E-state index contributed by atoms with van der Waals surface area (Å²) in [7, 11) is 0. The molecule has 0 bridgehead atoms. The summed E-state index contributed by atoms with van der Waals surface area (Å²) in [6.45, 7) is 4.15. The number of imidazole rings is 1. The minimum Gasteiger partial charge on any atom is -0.410 e. The Hall–Kier alpha value is -3.43. The predicted molar refractivity (Wildman–Crippen MR) is 141 cm³/mol. The van der Waals surface area contributed by atoms with Gasteiger partial charge in [-0.05, 0) is 62.8 Å². The normalized spacial score (nSPS) is 16.5. The van der Waals surface area contributed by atoms with Crippen molar-refractivity contribution in [1.29, 1.82) is 0 Å². The summed E-state index contributed by atoms with van der Waals surface area (Å²) in [5.41, 5.74) is 6.96. The molecule has 12 heteroatoms. The topological polar surface area (TPSA) is 149 Å². The quantitative estimate of drug-likeness (QED) is 0.383. The van der Waals surface area contributed by atoms with Crippen molar-refractivity contribution in [2.45, 2.75) is 51.5 Å². The first-order valence-corrected chi connectivity index (χ1v) is 12.8. The molecule has 3 atom stereocenters. The van der Waals surface area contributed by atoms with Gasteiger partial charge in [-0.15, -0.1) is 0 Å². The Kier molecular flexibility index (Phi) is 9.01. The maximum atomic E-state index is 12.4. The van der Waals surface area contributed by atoms with Crippen molar-refractivity contribution in [3.8, 4) is 17.6 Å². The van der Waals surface area contributed by atoms with Crippen LogP contribution in [0.1, 0.15) is 45.2 Å². The van der Waals surface area contributed by atoms with E-state index in [9.17, 15) is 15.0 Å². The molecule has 0 aliphatic carbocycles. The molecule has 1 saturated heterocycles. The summed E-state index contributed by atoms with van der Waals surface area (Å²) in [4.78, 5) is 27.2. The van der Waals surface area contributed by atoms with Crippen LogP contribution < -0.4 is 10.5 Å². The fraction of sp³-hybridized carbons (Fsp3) is 0.462. The van der Waals surface area contributed by atoms with Crippen molar-refractivity contribution in [3.05, 3.63) is 41.4 Å². The molecule has 1 aliphatic heterocycles. The number of hydrogen-bond acceptors (Lipinski definition) is 9. The fourth-order valence-electron chi connectivity index (χ4n) is 4.15. The molecule has 38 heavy (non-hydrogen) atoms. The number of nitrogens with zero attached hydrogens (tertiary/aromatic N) is 5. The van der Waals surface area contributed by atoms with Crippen LogP contribution in [0.5, 0.6) is 5.75 Å². The molecular weight excluding hydrogens is 512 g/mol. The lowest BCUT2D eigenvalue weighted by molar-refractivity contribution is -0.110. The number of hydrogen-bond donors (Lipinski definition) is 3. The van der Waals surface area contributed by atoms with Gasteiger partial charge in [-0.25, -0.2) is 19.7 Å². The smallest absolute Gasteiger partial charge is 0.410 e. The van der Waals surface area contributed by atoms with Gasteiger partial charge in [0.1, 0.15) is 23.6 Å². The highest BCUT2D eigenvalue weighted by atomic mass is 35.5. The van der Waals surface area contributed by atoms with E-state index >= 15 is 0 Å². The van der Waals surface area contributed by atoms with E-state index in [0.717, 1.165) is 12.8 Å². The molecule has 0 radical (unpaired) electrons. The van der Waals surface area contributed by atoms with Crippen molar-refractivity contribution in [2.75, 3.05) is 25.4 Å². The molecule has 3 aromatic rings. The highest BCUT2D eigenvalue weighted by Crippen LogP contribution is 2.24. The van der Waals surface area contributed by atoms with Crippen LogP contribution in [0, 0.1) is 17.8 Å². The number of piperidine rings is 1. The Labute approximate surface area is 225 Å². The van der Waals surface area contributed by atoms with Crippen molar-refractivity contribution in [1.82, 2.24) is 24.4 Å². The lowest BCUT2D eigenvalue weighted by atomic mass is 9.94. The van der Waals surface area contributed by atoms with Gasteiger partial charge in [0.25, 0.3) is 0 Å². The summed E-state index contributed by atoms with van der Waals surface area (Å²) >= 11 is 5.87. The fourth-order valence-corrected chi connectivity index (χ4v) is 4.28. The Morgan fingerprint density at radius 1 is 1.24 bits per heavy atom. The van der Waals surface area contributed by atoms with Gasteiger partial charge >= 0.3 is 6.09 Å². The van der Waals surface area contributed by atoms with Gasteiger partial charge in [0.2, 0.25) is 5.82 Å². The van der Waals surface area contributed by atoms with Crippen molar-refractivity contribution < 1.29 is 24.5 Å². The summed E-state index contributed by atoms with van der Waals surface area (Å²) in [5.74, 6) is 7.40. The molecule has 1 fully saturated rings. The number of aliphatic hydroxyl groups excluding tert-OH is 2. The van der Waals surface area contributed by atoms with Gasteiger partial charge in [0.15, 0.2) is 11.5 Å². The van der Waals surface area contributed by atoms with E-state index in [1.165, 1.54) is 6.33 Å². The summed E-state index contributed by atoms with van der Waals surface area (Å²) in [5, 5.41) is 19.8. The second kappa shape index (κ2) is 12.4. The summed E-state index contributed by atoms with van der Waals surface area (Å²) in [6.07, 6.45) is 1.23. The number of nitrogens with two attached hydrogens (primary N) is 1. The van der Waals surface area contributed by atoms with Crippen LogP contribution in [0.2, 0.25) is 5.02 Å². The zero-order valence-corrected chi connectivity index (χ0v) is 22.0. The van der Waals surface area contributed by atoms with Crippen molar-refractivity contribution in [3.63, 3.8) is 0 Å². The van der Waals surface area contributed by atoms with E-state index in [0.29, 0.717) is 47.4 Å². The largest absolute Gasteiger partial charge is 0.415 e. The molecule has 1 amide bonds. The minimum absolute atomic E-state index is 0.201. The van der Waals surface area contributed by atoms with Crippen LogP contribution in [0.15, 0.2) is 30.6 Å². The number of rotatable bonds is 7. The molecule has 2 aromatic heterocycles. The zero-order chi connectivity index (χ0) is 27.2. The third-order valence-corrected chi connectivity index (χ3v) is 6.66. The third-order valence-electron chi connectivity index (χ3n) is 6.41. The number of benzene rings is 1. The van der Waals surface area contributed by atoms with E-state index < -0.39 is 18.4 Å². The number of amides is 1. The Bertz CT molecular complexity index is 1310. The van der Waals surface area contributed by atoms with Crippen molar-refractivity contribution in [2.24, 2.45) is 5.92 Å². The first kappa shape index (κ1) is 27.6. The third kappa shape index (κ3) is 6.71. The van der Waals surface area contributed by atoms with Gasteiger partial charge in [-0.1, -0.05) is 17.5 Å². The minimum atomic E-state index is -0.848. The lowest BCUT2D eigenvalue weighted by Crippen LogP contribution is -2.40. The van der Waals surface area contributed by atoms with Gasteiger partial charge in [-0.2, -0.15) is 0 Å². The highest BCUT2D eigenvalue weighted by molar-refractivity contribution is 6.30. The van der Waals surface area contributed by atoms with E-state index in [2.05, 4.69) is 26.8 Å². The first-order valence-electron chi connectivity index (χ1n) is 12.4. The Morgan fingerprint density at radius 3 is 2.61 bits per heavy atom. The second-order valence-electron chi connectivity index (χ2n) is 9.21. The molecule has 11 nitrogen and oxygen atoms in total. The average Bonchev–Trinajstić information content (AvgIpc) is 3.33. The van der Waals surface area contributed by atoms with Gasteiger partial charge in [0.05, 0.1) is 19.0 Å². The van der Waals surface area contributed by atoms with E-state index in [4.69, 9.17) is 26.8 Å². The monoisotopic (exact) mass is 542 g/mol. The molecule has 4 rings (SSSR count). The van der Waals surface area contributed by atoms with E-state index in [-0.39, 0.29) is 24.3 Å². The van der Waals surface area contributed by atoms with Gasteiger partial charge in [0, 0.05) is 24.5 Å². The molecule has 1 aromatic carbocycles. The predicted octanol–water partition coefficient (Wildman–Crippen LogP) is 2.99. The van der Waals surface area contributed by atoms with Crippen LogP contribution in [0.25, 0.3) is 11.2 Å². The Morgan fingerprint density at radius 2 is 1.95 bits per heavy atom. The van der Waals surface area contributed by atoms with E-state index in [1.54, 1.807) is 47.6 Å². The Balaban J connectivity index is 1.35. The van der Waals surface area contributed by atoms with Crippen LogP contribution >= 0.6 is 11.6 Å². The molecule has 0 saturated carbocycles. The van der Waals surface area contributed by atoms with Crippen molar-refractivity contribution >= 4 is 34.7 Å². The molecule has 1 aliphatic rings. The number of aliphatic hydroxyl groups is 2. The number of carbonyl (C=O) groups is 1. The number of aromatic nitrogens is 4. The number of likely N-dealkylation sites (tertiary alicyclic amines) is 1. The highest BCUT2D eigenvalue weighted by Gasteiger charge is 2.24. The maximum absolute atomic E-state index is 12.4. The molecule has 4 N–H and O–H groups in total.